The van der Waals surface area contributed by atoms with Gasteiger partial charge < -0.3 is 0 Å². The Bertz CT molecular complexity index is 738. The molecule has 0 aromatic rings. The van der Waals surface area contributed by atoms with Gasteiger partial charge in [-0.1, -0.05) is 127 Å². The maximum atomic E-state index is 14.1. The Labute approximate surface area is 264 Å². The Morgan fingerprint density at radius 2 is 0.854 bits per heavy atom. The molecule has 41 heavy (non-hydrogen) atoms. The third-order valence-corrected chi connectivity index (χ3v) is 15.3. The summed E-state index contributed by atoms with van der Waals surface area (Å²) in [6.45, 7) is 4.61. The van der Waals surface area contributed by atoms with Crippen molar-refractivity contribution in [3.05, 3.63) is 0 Å². The number of hydrogen-bond donors (Lipinski definition) is 0. The molecule has 1 nitrogen and oxygen atoms in total. The molecule has 0 radical (unpaired) electrons. The Morgan fingerprint density at radius 3 is 1.17 bits per heavy atom. The number of carbonyl (C=O) groups is 1. The van der Waals surface area contributed by atoms with Crippen molar-refractivity contribution in [1.82, 2.24) is 0 Å². The average molecular weight is 608 g/mol. The number of carbonyl (C=O) groups excluding carboxylic acids is 1. The second-order valence-corrected chi connectivity index (χ2v) is 17.3. The van der Waals surface area contributed by atoms with Crippen molar-refractivity contribution in [3.63, 3.8) is 0 Å². The number of Topliss-reactive ketones (excluding diaryl/α,β-unsaturated/α-hetero) is 1. The number of rotatable bonds is 12. The quantitative estimate of drug-likeness (QED) is 0.159. The molecule has 0 N–H and O–H groups in total. The molecule has 3 heteroatoms. The zero-order chi connectivity index (χ0) is 28.9. The summed E-state index contributed by atoms with van der Waals surface area (Å²) in [6, 6.07) is 0. The first kappa shape index (κ1) is 32.6. The highest BCUT2D eigenvalue weighted by Crippen LogP contribution is 2.75. The molecular formula is C38H64Cl2O. The first-order valence-electron chi connectivity index (χ1n) is 18.8. The lowest BCUT2D eigenvalue weighted by Gasteiger charge is -2.67. The second kappa shape index (κ2) is 14.6. The molecule has 5 rings (SSSR count). The van der Waals surface area contributed by atoms with E-state index < -0.39 is 15.2 Å². The third-order valence-electron chi connectivity index (χ3n) is 13.9. The smallest absolute Gasteiger partial charge is 0.151 e. The first-order chi connectivity index (χ1) is 19.9. The van der Waals surface area contributed by atoms with Crippen LogP contribution in [0.25, 0.3) is 0 Å². The predicted octanol–water partition coefficient (Wildman–Crippen LogP) is 12.6. The van der Waals surface area contributed by atoms with E-state index in [0.717, 1.165) is 61.2 Å². The van der Waals surface area contributed by atoms with Crippen LogP contribution in [0.2, 0.25) is 0 Å². The summed E-state index contributed by atoms with van der Waals surface area (Å²) in [6.07, 6.45) is 34.1. The van der Waals surface area contributed by atoms with E-state index in [4.69, 9.17) is 23.2 Å². The first-order valence-corrected chi connectivity index (χ1v) is 19.5. The highest BCUT2D eigenvalue weighted by atomic mass is 35.5. The molecule has 5 saturated carbocycles. The maximum absolute atomic E-state index is 14.1. The van der Waals surface area contributed by atoms with Crippen LogP contribution < -0.4 is 0 Å². The Hall–Kier alpha value is 0.250. The molecule has 0 aromatic carbocycles. The van der Waals surface area contributed by atoms with Crippen LogP contribution in [0.1, 0.15) is 181 Å². The molecular weight excluding hydrogens is 543 g/mol. The van der Waals surface area contributed by atoms with Crippen molar-refractivity contribution in [2.24, 2.45) is 46.3 Å². The summed E-state index contributed by atoms with van der Waals surface area (Å²) < 4.78 is -0.834. The van der Waals surface area contributed by atoms with Gasteiger partial charge in [-0.2, -0.15) is 0 Å². The second-order valence-electron chi connectivity index (χ2n) is 16.0. The molecule has 0 aromatic heterocycles. The van der Waals surface area contributed by atoms with Crippen LogP contribution in [0, 0.1) is 46.3 Å². The molecule has 0 bridgehead atoms. The molecule has 0 unspecified atom stereocenters. The zero-order valence-electron chi connectivity index (χ0n) is 27.0. The summed E-state index contributed by atoms with van der Waals surface area (Å²) in [5, 5.41) is 0. The van der Waals surface area contributed by atoms with Crippen LogP contribution in [0.3, 0.4) is 0 Å². The van der Waals surface area contributed by atoms with E-state index in [1.807, 2.05) is 0 Å². The van der Waals surface area contributed by atoms with Gasteiger partial charge in [0.2, 0.25) is 0 Å². The molecule has 0 atom stereocenters. The maximum Gasteiger partial charge on any atom is 0.151 e. The minimum Gasteiger partial charge on any atom is -0.298 e. The van der Waals surface area contributed by atoms with Crippen molar-refractivity contribution in [2.45, 2.75) is 185 Å². The van der Waals surface area contributed by atoms with Gasteiger partial charge in [0.05, 0.1) is 10.8 Å². The predicted molar refractivity (Wildman–Crippen MR) is 177 cm³/mol. The third kappa shape index (κ3) is 6.63. The van der Waals surface area contributed by atoms with E-state index in [1.165, 1.54) is 141 Å². The van der Waals surface area contributed by atoms with Gasteiger partial charge in [0.1, 0.15) is 4.33 Å². The van der Waals surface area contributed by atoms with Gasteiger partial charge >= 0.3 is 0 Å². The minimum atomic E-state index is -0.834. The SMILES string of the molecule is CCCCCC[C@H]1CC[C@H](C2CCC3(CC2)C(=O)C2(CCC([C@H]4CC[C@H](CCCCCC)CC4)CC2)C3(Cl)Cl)CC1. The fourth-order valence-corrected chi connectivity index (χ4v) is 12.1. The number of halogens is 2. The highest BCUT2D eigenvalue weighted by Gasteiger charge is 2.79. The Balaban J connectivity index is 1.05. The van der Waals surface area contributed by atoms with Gasteiger partial charge in [0.25, 0.3) is 0 Å². The fourth-order valence-electron chi connectivity index (χ4n) is 11.0. The molecule has 0 aliphatic heterocycles. The number of hydrogen-bond acceptors (Lipinski definition) is 1. The molecule has 0 saturated heterocycles. The van der Waals surface area contributed by atoms with Gasteiger partial charge in [-0.25, -0.2) is 0 Å². The van der Waals surface area contributed by atoms with Crippen LogP contribution in [0.4, 0.5) is 0 Å². The lowest BCUT2D eigenvalue weighted by molar-refractivity contribution is -0.173. The molecule has 5 aliphatic rings. The Morgan fingerprint density at radius 1 is 0.512 bits per heavy atom. The van der Waals surface area contributed by atoms with Crippen LogP contribution >= 0.6 is 23.2 Å². The zero-order valence-corrected chi connectivity index (χ0v) is 28.5. The summed E-state index contributed by atoms with van der Waals surface area (Å²) in [5.41, 5.74) is -0.877. The molecule has 236 valence electrons. The lowest BCUT2D eigenvalue weighted by Crippen LogP contribution is -2.74. The van der Waals surface area contributed by atoms with Crippen molar-refractivity contribution < 1.29 is 4.79 Å². The molecule has 5 aliphatic carbocycles. The number of alkyl halides is 2. The van der Waals surface area contributed by atoms with Crippen molar-refractivity contribution >= 4 is 29.0 Å². The normalized spacial score (nSPS) is 41.0. The molecule has 0 amide bonds. The summed E-state index contributed by atoms with van der Waals surface area (Å²) in [7, 11) is 0. The number of unbranched alkanes of at least 4 members (excludes halogenated alkanes) is 6. The van der Waals surface area contributed by atoms with Gasteiger partial charge in [-0.05, 0) is 113 Å². The van der Waals surface area contributed by atoms with E-state index >= 15 is 0 Å². The van der Waals surface area contributed by atoms with Gasteiger partial charge in [0.15, 0.2) is 5.78 Å². The average Bonchev–Trinajstić information content (AvgIpc) is 3.02. The topological polar surface area (TPSA) is 17.1 Å². The van der Waals surface area contributed by atoms with Gasteiger partial charge in [0, 0.05) is 0 Å². The lowest BCUT2D eigenvalue weighted by atomic mass is 9.41. The van der Waals surface area contributed by atoms with Gasteiger partial charge in [-0.3, -0.25) is 4.79 Å². The van der Waals surface area contributed by atoms with Crippen molar-refractivity contribution in [1.29, 1.82) is 0 Å². The van der Waals surface area contributed by atoms with E-state index in [9.17, 15) is 4.79 Å². The van der Waals surface area contributed by atoms with Crippen LogP contribution in [-0.2, 0) is 4.79 Å². The number of ketones is 1. The van der Waals surface area contributed by atoms with Gasteiger partial charge in [-0.15, -0.1) is 0 Å². The monoisotopic (exact) mass is 606 g/mol. The minimum absolute atomic E-state index is 0.439. The highest BCUT2D eigenvalue weighted by molar-refractivity contribution is 6.55. The van der Waals surface area contributed by atoms with Crippen molar-refractivity contribution in [2.75, 3.05) is 0 Å². The molecule has 5 fully saturated rings. The van der Waals surface area contributed by atoms with E-state index in [0.29, 0.717) is 5.78 Å². The van der Waals surface area contributed by atoms with Crippen molar-refractivity contribution in [3.8, 4) is 0 Å². The van der Waals surface area contributed by atoms with Crippen LogP contribution in [0.5, 0.6) is 0 Å². The summed E-state index contributed by atoms with van der Waals surface area (Å²) in [4.78, 5) is 14.1. The Kier molecular flexibility index (Phi) is 11.6. The molecule has 2 spiro atoms. The van der Waals surface area contributed by atoms with E-state index in [2.05, 4.69) is 13.8 Å². The molecule has 0 heterocycles. The van der Waals surface area contributed by atoms with Crippen LogP contribution in [-0.4, -0.2) is 10.1 Å². The standard InChI is InChI=1S/C38H64Cl2O/c1-3-5-7-9-11-29-13-17-31(18-14-29)33-21-25-36(26-22-33)35(41)37(38(36,39)40)27-23-34(24-28-37)32-19-15-30(16-20-32)12-10-8-6-4-2/h29-34H,3-28H2,1-2H3/t29-,30-,31-,32-,33?,34?,36?,37?. The van der Waals surface area contributed by atoms with E-state index in [1.54, 1.807) is 0 Å². The van der Waals surface area contributed by atoms with E-state index in [-0.39, 0.29) is 0 Å². The van der Waals surface area contributed by atoms with Crippen LogP contribution in [0.15, 0.2) is 0 Å². The summed E-state index contributed by atoms with van der Waals surface area (Å²) >= 11 is 14.7. The summed E-state index contributed by atoms with van der Waals surface area (Å²) in [5.74, 6) is 5.80. The largest absolute Gasteiger partial charge is 0.298 e. The fraction of sp³-hybridized carbons (Fsp3) is 0.974.